The highest BCUT2D eigenvalue weighted by Crippen LogP contribution is 2.19. The van der Waals surface area contributed by atoms with Crippen molar-refractivity contribution in [1.29, 1.82) is 0 Å². The van der Waals surface area contributed by atoms with Crippen molar-refractivity contribution >= 4 is 11.9 Å². The van der Waals surface area contributed by atoms with E-state index < -0.39 is 12.1 Å². The van der Waals surface area contributed by atoms with Crippen molar-refractivity contribution in [2.75, 3.05) is 13.2 Å². The third kappa shape index (κ3) is 67.0. The number of esters is 1. The number of amides is 1. The molecule has 482 valence electrons. The van der Waals surface area contributed by atoms with Gasteiger partial charge in [-0.1, -0.05) is 351 Å². The zero-order valence-corrected chi connectivity index (χ0v) is 55.2. The van der Waals surface area contributed by atoms with Crippen LogP contribution in [0.1, 0.15) is 399 Å². The van der Waals surface area contributed by atoms with Gasteiger partial charge in [0.05, 0.1) is 25.4 Å². The van der Waals surface area contributed by atoms with Crippen LogP contribution in [0.25, 0.3) is 0 Å². The molecule has 0 aromatic rings. The molecule has 0 aliphatic carbocycles. The molecule has 0 aromatic heterocycles. The molecule has 0 rings (SSSR count). The standard InChI is InChI=1S/C76H143NO5/c1-3-5-7-9-11-13-15-17-19-20-21-35-38-41-44-48-52-56-60-64-68-74(79)73(72-78)77-75(80)69-65-61-57-53-49-45-42-39-36-33-31-29-27-25-23-22-24-26-28-30-32-34-37-40-43-47-51-55-59-63-67-71-82-76(81)70-66-62-58-54-50-46-18-16-14-12-10-8-6-4-2/h10,12,16,18,24,26,30,32,73-74,78-79H,3-9,11,13-15,17,19-23,25,27-29,31,33-72H2,1-2H3,(H,77,80)/b12-10-,18-16-,26-24-,32-30-. The Morgan fingerprint density at radius 2 is 0.622 bits per heavy atom. The molecule has 0 fully saturated rings. The van der Waals surface area contributed by atoms with E-state index in [-0.39, 0.29) is 18.5 Å². The first-order valence-electron chi connectivity index (χ1n) is 36.9. The predicted molar refractivity (Wildman–Crippen MR) is 361 cm³/mol. The molecular formula is C76H143NO5. The highest BCUT2D eigenvalue weighted by molar-refractivity contribution is 5.76. The van der Waals surface area contributed by atoms with Gasteiger partial charge in [0, 0.05) is 12.8 Å². The van der Waals surface area contributed by atoms with Crippen LogP contribution in [0.2, 0.25) is 0 Å². The smallest absolute Gasteiger partial charge is 0.305 e. The van der Waals surface area contributed by atoms with Gasteiger partial charge < -0.3 is 20.3 Å². The summed E-state index contributed by atoms with van der Waals surface area (Å²) in [5, 5.41) is 23.4. The number of hydrogen-bond acceptors (Lipinski definition) is 5. The van der Waals surface area contributed by atoms with Crippen molar-refractivity contribution in [1.82, 2.24) is 5.32 Å². The molecule has 0 saturated heterocycles. The van der Waals surface area contributed by atoms with Gasteiger partial charge in [0.25, 0.3) is 0 Å². The van der Waals surface area contributed by atoms with E-state index in [4.69, 9.17) is 4.74 Å². The molecule has 0 aliphatic heterocycles. The van der Waals surface area contributed by atoms with Gasteiger partial charge >= 0.3 is 5.97 Å². The average Bonchev–Trinajstić information content (AvgIpc) is 3.48. The lowest BCUT2D eigenvalue weighted by atomic mass is 10.0. The number of carbonyl (C=O) groups is 2. The van der Waals surface area contributed by atoms with Crippen molar-refractivity contribution in [2.24, 2.45) is 0 Å². The fraction of sp³-hybridized carbons (Fsp3) is 0.868. The number of hydrogen-bond donors (Lipinski definition) is 3. The van der Waals surface area contributed by atoms with Crippen molar-refractivity contribution < 1.29 is 24.5 Å². The molecule has 82 heavy (non-hydrogen) atoms. The van der Waals surface area contributed by atoms with Crippen LogP contribution in [0.3, 0.4) is 0 Å². The minimum atomic E-state index is -0.665. The molecule has 0 saturated carbocycles. The fourth-order valence-corrected chi connectivity index (χ4v) is 11.5. The van der Waals surface area contributed by atoms with Crippen molar-refractivity contribution in [3.63, 3.8) is 0 Å². The lowest BCUT2D eigenvalue weighted by Gasteiger charge is -2.22. The molecule has 0 bridgehead atoms. The molecule has 0 heterocycles. The summed E-state index contributed by atoms with van der Waals surface area (Å²) >= 11 is 0. The van der Waals surface area contributed by atoms with Gasteiger partial charge in [-0.2, -0.15) is 0 Å². The molecule has 0 aliphatic rings. The highest BCUT2D eigenvalue weighted by Gasteiger charge is 2.20. The van der Waals surface area contributed by atoms with Gasteiger partial charge in [-0.25, -0.2) is 0 Å². The van der Waals surface area contributed by atoms with Crippen LogP contribution in [0, 0.1) is 0 Å². The first-order valence-corrected chi connectivity index (χ1v) is 36.9. The molecule has 1 amide bonds. The lowest BCUT2D eigenvalue weighted by Crippen LogP contribution is -2.45. The Labute approximate surface area is 512 Å². The molecule has 2 unspecified atom stereocenters. The normalized spacial score (nSPS) is 12.8. The van der Waals surface area contributed by atoms with Gasteiger partial charge in [0.1, 0.15) is 0 Å². The van der Waals surface area contributed by atoms with Crippen LogP contribution in [0.15, 0.2) is 48.6 Å². The minimum absolute atomic E-state index is 0.00127. The molecular weight excluding hydrogens is 1010 g/mol. The zero-order chi connectivity index (χ0) is 59.2. The summed E-state index contributed by atoms with van der Waals surface area (Å²) in [6.45, 7) is 4.94. The number of aliphatic hydroxyl groups is 2. The molecule has 0 radical (unpaired) electrons. The second-order valence-electron chi connectivity index (χ2n) is 25.3. The number of rotatable bonds is 69. The van der Waals surface area contributed by atoms with Crippen LogP contribution in [0.5, 0.6) is 0 Å². The predicted octanol–water partition coefficient (Wildman–Crippen LogP) is 24.0. The second-order valence-corrected chi connectivity index (χ2v) is 25.3. The minimum Gasteiger partial charge on any atom is -0.466 e. The summed E-state index contributed by atoms with van der Waals surface area (Å²) in [4.78, 5) is 24.6. The number of ether oxygens (including phenoxy) is 1. The Hall–Kier alpha value is -2.18. The highest BCUT2D eigenvalue weighted by atomic mass is 16.5. The summed E-state index contributed by atoms with van der Waals surface area (Å²) in [5.41, 5.74) is 0. The van der Waals surface area contributed by atoms with E-state index in [2.05, 4.69) is 67.8 Å². The van der Waals surface area contributed by atoms with Crippen LogP contribution in [-0.2, 0) is 14.3 Å². The maximum atomic E-state index is 12.5. The van der Waals surface area contributed by atoms with E-state index in [1.807, 2.05) is 0 Å². The third-order valence-electron chi connectivity index (χ3n) is 17.1. The van der Waals surface area contributed by atoms with E-state index in [1.54, 1.807) is 0 Å². The molecule has 6 heteroatoms. The lowest BCUT2D eigenvalue weighted by molar-refractivity contribution is -0.143. The monoisotopic (exact) mass is 1150 g/mol. The number of nitrogens with one attached hydrogen (secondary N) is 1. The Kier molecular flexibility index (Phi) is 69.4. The van der Waals surface area contributed by atoms with Gasteiger partial charge in [0.2, 0.25) is 5.91 Å². The quantitative estimate of drug-likeness (QED) is 0.0320. The van der Waals surface area contributed by atoms with E-state index in [0.717, 1.165) is 57.8 Å². The number of aliphatic hydroxyl groups excluding tert-OH is 2. The first kappa shape index (κ1) is 79.8. The van der Waals surface area contributed by atoms with Gasteiger partial charge in [-0.05, 0) is 83.5 Å². The van der Waals surface area contributed by atoms with E-state index in [1.165, 1.54) is 308 Å². The largest absolute Gasteiger partial charge is 0.466 e. The topological polar surface area (TPSA) is 95.9 Å². The number of carbonyl (C=O) groups excluding carboxylic acids is 2. The van der Waals surface area contributed by atoms with E-state index in [9.17, 15) is 19.8 Å². The van der Waals surface area contributed by atoms with Crippen molar-refractivity contribution in [2.45, 2.75) is 411 Å². The maximum Gasteiger partial charge on any atom is 0.305 e. The number of unbranched alkanes of at least 4 members (excludes halogenated alkanes) is 50. The summed E-state index contributed by atoms with van der Waals surface area (Å²) in [5.74, 6) is -0.0319. The SMILES string of the molecule is CCCC/C=C\C/C=C\CCCCCCCC(=O)OCCCCCCCCCCC/C=C\C/C=C\CCCCCCCCCCCCCCCCCC(=O)NC(CO)C(O)CCCCCCCCCCCCCCCCCCCCCC. The summed E-state index contributed by atoms with van der Waals surface area (Å²) in [7, 11) is 0. The summed E-state index contributed by atoms with van der Waals surface area (Å²) in [6.07, 6.45) is 93.1. The van der Waals surface area contributed by atoms with Gasteiger partial charge in [0.15, 0.2) is 0 Å². The van der Waals surface area contributed by atoms with Crippen LogP contribution in [-0.4, -0.2) is 47.4 Å². The second kappa shape index (κ2) is 71.3. The summed E-state index contributed by atoms with van der Waals surface area (Å²) in [6, 6.07) is -0.543. The third-order valence-corrected chi connectivity index (χ3v) is 17.1. The molecule has 0 aromatic carbocycles. The average molecular weight is 1150 g/mol. The van der Waals surface area contributed by atoms with Crippen molar-refractivity contribution in [3.05, 3.63) is 48.6 Å². The van der Waals surface area contributed by atoms with Crippen LogP contribution in [0.4, 0.5) is 0 Å². The van der Waals surface area contributed by atoms with E-state index in [0.29, 0.717) is 25.9 Å². The molecule has 3 N–H and O–H groups in total. The Morgan fingerprint density at radius 3 is 0.963 bits per heavy atom. The number of allylic oxidation sites excluding steroid dienone is 8. The van der Waals surface area contributed by atoms with Gasteiger partial charge in [-0.15, -0.1) is 0 Å². The Bertz CT molecular complexity index is 1370. The van der Waals surface area contributed by atoms with Crippen LogP contribution >= 0.6 is 0 Å². The molecule has 2 atom stereocenters. The van der Waals surface area contributed by atoms with E-state index >= 15 is 0 Å². The Balaban J connectivity index is 3.40. The first-order chi connectivity index (χ1) is 40.5. The molecule has 0 spiro atoms. The molecule has 6 nitrogen and oxygen atoms in total. The fourth-order valence-electron chi connectivity index (χ4n) is 11.5. The van der Waals surface area contributed by atoms with Crippen molar-refractivity contribution in [3.8, 4) is 0 Å². The Morgan fingerprint density at radius 1 is 0.341 bits per heavy atom. The maximum absolute atomic E-state index is 12.5. The zero-order valence-electron chi connectivity index (χ0n) is 55.2. The summed E-state index contributed by atoms with van der Waals surface area (Å²) < 4.78 is 5.48. The van der Waals surface area contributed by atoms with Crippen LogP contribution < -0.4 is 5.32 Å². The van der Waals surface area contributed by atoms with Gasteiger partial charge in [-0.3, -0.25) is 9.59 Å².